The van der Waals surface area contributed by atoms with Gasteiger partial charge in [-0.3, -0.25) is 4.79 Å². The largest absolute Gasteiger partial charge is 0.325 e. The number of hydrogen-bond acceptors (Lipinski definition) is 6. The number of carbonyl (C=O) groups excluding carboxylic acids is 1. The van der Waals surface area contributed by atoms with E-state index in [1.54, 1.807) is 30.5 Å². The molecule has 0 aliphatic carbocycles. The molecule has 1 aromatic heterocycles. The molecule has 3 heterocycles. The fraction of sp³-hybridized carbons (Fsp3) is 0.227. The maximum Gasteiger partial charge on any atom is 0.243 e. The Balaban J connectivity index is 1.42. The molecule has 9 heteroatoms. The number of fused-ring (bicyclic) bond motifs is 3. The first-order valence-corrected chi connectivity index (χ1v) is 11.6. The third-order valence-corrected chi connectivity index (χ3v) is 7.40. The number of carbonyl (C=O) groups is 1. The molecule has 0 saturated carbocycles. The second-order valence-electron chi connectivity index (χ2n) is 7.60. The SMILES string of the molecule is O=C1Cc2cnc(Nc3ccc(S(=O)(=O)N4CCCC4)cc3)nc2-c2ccccc2N1. The van der Waals surface area contributed by atoms with E-state index in [0.29, 0.717) is 36.1 Å². The zero-order valence-electron chi connectivity index (χ0n) is 16.7. The van der Waals surface area contributed by atoms with E-state index >= 15 is 0 Å². The molecule has 3 aromatic rings. The standard InChI is InChI=1S/C22H21N5O3S/c28-20-13-15-14-23-22(26-21(15)18-5-1-2-6-19(18)25-20)24-16-7-9-17(10-8-16)31(29,30)27-11-3-4-12-27/h1-2,5-10,14H,3-4,11-13H2,(H,25,28)(H,23,24,26). The van der Waals surface area contributed by atoms with Crippen LogP contribution in [-0.2, 0) is 21.2 Å². The van der Waals surface area contributed by atoms with Crippen molar-refractivity contribution in [1.82, 2.24) is 14.3 Å². The highest BCUT2D eigenvalue weighted by Crippen LogP contribution is 2.33. The number of hydrogen-bond donors (Lipinski definition) is 2. The lowest BCUT2D eigenvalue weighted by atomic mass is 10.1. The van der Waals surface area contributed by atoms with Crippen LogP contribution in [0.3, 0.4) is 0 Å². The molecule has 0 radical (unpaired) electrons. The van der Waals surface area contributed by atoms with Gasteiger partial charge in [0, 0.05) is 36.1 Å². The van der Waals surface area contributed by atoms with Gasteiger partial charge in [-0.15, -0.1) is 0 Å². The van der Waals surface area contributed by atoms with Gasteiger partial charge in [0.05, 0.1) is 22.7 Å². The van der Waals surface area contributed by atoms with Crippen LogP contribution < -0.4 is 10.6 Å². The summed E-state index contributed by atoms with van der Waals surface area (Å²) < 4.78 is 26.9. The van der Waals surface area contributed by atoms with Crippen molar-refractivity contribution < 1.29 is 13.2 Å². The predicted octanol–water partition coefficient (Wildman–Crippen LogP) is 3.17. The highest BCUT2D eigenvalue weighted by Gasteiger charge is 2.27. The van der Waals surface area contributed by atoms with Gasteiger partial charge in [-0.2, -0.15) is 4.31 Å². The van der Waals surface area contributed by atoms with E-state index in [1.807, 2.05) is 24.3 Å². The van der Waals surface area contributed by atoms with Crippen molar-refractivity contribution in [3.8, 4) is 11.3 Å². The summed E-state index contributed by atoms with van der Waals surface area (Å²) in [4.78, 5) is 21.4. The second-order valence-corrected chi connectivity index (χ2v) is 9.54. The smallest absolute Gasteiger partial charge is 0.243 e. The van der Waals surface area contributed by atoms with Crippen molar-refractivity contribution in [2.45, 2.75) is 24.2 Å². The molecule has 2 aromatic carbocycles. The number of anilines is 3. The Morgan fingerprint density at radius 2 is 1.74 bits per heavy atom. The molecule has 5 rings (SSSR count). The van der Waals surface area contributed by atoms with Gasteiger partial charge in [-0.05, 0) is 43.2 Å². The number of rotatable bonds is 4. The predicted molar refractivity (Wildman–Crippen MR) is 118 cm³/mol. The van der Waals surface area contributed by atoms with Crippen molar-refractivity contribution in [3.63, 3.8) is 0 Å². The van der Waals surface area contributed by atoms with Crippen molar-refractivity contribution in [1.29, 1.82) is 0 Å². The summed E-state index contributed by atoms with van der Waals surface area (Å²) in [6, 6.07) is 14.1. The average Bonchev–Trinajstić information content (AvgIpc) is 3.27. The molecular weight excluding hydrogens is 414 g/mol. The quantitative estimate of drug-likeness (QED) is 0.652. The number of benzene rings is 2. The van der Waals surface area contributed by atoms with Gasteiger partial charge < -0.3 is 10.6 Å². The molecule has 0 spiro atoms. The Morgan fingerprint density at radius 3 is 2.52 bits per heavy atom. The van der Waals surface area contributed by atoms with E-state index in [-0.39, 0.29) is 17.2 Å². The maximum absolute atomic E-state index is 12.7. The summed E-state index contributed by atoms with van der Waals surface area (Å²) >= 11 is 0. The molecule has 8 nitrogen and oxygen atoms in total. The average molecular weight is 436 g/mol. The highest BCUT2D eigenvalue weighted by molar-refractivity contribution is 7.89. The molecule has 2 aliphatic heterocycles. The lowest BCUT2D eigenvalue weighted by Gasteiger charge is -2.16. The number of amides is 1. The minimum Gasteiger partial charge on any atom is -0.325 e. The maximum atomic E-state index is 12.7. The number of sulfonamides is 1. The first-order chi connectivity index (χ1) is 15.0. The Labute approximate surface area is 180 Å². The second kappa shape index (κ2) is 7.75. The molecule has 0 atom stereocenters. The van der Waals surface area contributed by atoms with E-state index in [2.05, 4.69) is 20.6 Å². The fourth-order valence-electron chi connectivity index (χ4n) is 3.91. The van der Waals surface area contributed by atoms with Crippen LogP contribution in [0.5, 0.6) is 0 Å². The third-order valence-electron chi connectivity index (χ3n) is 5.49. The molecule has 0 unspecified atom stereocenters. The van der Waals surface area contributed by atoms with Crippen molar-refractivity contribution in [3.05, 3.63) is 60.3 Å². The molecular formula is C22H21N5O3S. The van der Waals surface area contributed by atoms with Crippen molar-refractivity contribution in [2.75, 3.05) is 23.7 Å². The zero-order chi connectivity index (χ0) is 21.4. The van der Waals surface area contributed by atoms with Crippen LogP contribution in [0.1, 0.15) is 18.4 Å². The summed E-state index contributed by atoms with van der Waals surface area (Å²) in [6.45, 7) is 1.15. The molecule has 1 amide bonds. The number of aromatic nitrogens is 2. The van der Waals surface area contributed by atoms with Crippen LogP contribution in [0.15, 0.2) is 59.6 Å². The first-order valence-electron chi connectivity index (χ1n) is 10.1. The van der Waals surface area contributed by atoms with Gasteiger partial charge in [-0.1, -0.05) is 18.2 Å². The number of nitrogens with zero attached hydrogens (tertiary/aromatic N) is 3. The van der Waals surface area contributed by atoms with E-state index in [4.69, 9.17) is 0 Å². The third kappa shape index (κ3) is 3.77. The molecule has 158 valence electrons. The van der Waals surface area contributed by atoms with Crippen LogP contribution in [-0.4, -0.2) is 41.7 Å². The van der Waals surface area contributed by atoms with Crippen molar-refractivity contribution >= 4 is 33.3 Å². The van der Waals surface area contributed by atoms with E-state index in [0.717, 1.165) is 24.0 Å². The summed E-state index contributed by atoms with van der Waals surface area (Å²) in [7, 11) is -3.45. The van der Waals surface area contributed by atoms with Crippen molar-refractivity contribution in [2.24, 2.45) is 0 Å². The van der Waals surface area contributed by atoms with Crippen LogP contribution in [0.25, 0.3) is 11.3 Å². The molecule has 1 saturated heterocycles. The van der Waals surface area contributed by atoms with E-state index in [1.165, 1.54) is 4.31 Å². The Kier molecular flexibility index (Phi) is 4.91. The summed E-state index contributed by atoms with van der Waals surface area (Å²) in [5.41, 5.74) is 3.67. The Morgan fingerprint density at radius 1 is 1.00 bits per heavy atom. The molecule has 1 fully saturated rings. The van der Waals surface area contributed by atoms with Gasteiger partial charge in [0.15, 0.2) is 0 Å². The van der Waals surface area contributed by atoms with Crippen LogP contribution in [0, 0.1) is 0 Å². The van der Waals surface area contributed by atoms with Gasteiger partial charge in [0.1, 0.15) is 0 Å². The topological polar surface area (TPSA) is 104 Å². The van der Waals surface area contributed by atoms with Crippen LogP contribution >= 0.6 is 0 Å². The van der Waals surface area contributed by atoms with E-state index in [9.17, 15) is 13.2 Å². The lowest BCUT2D eigenvalue weighted by molar-refractivity contribution is -0.115. The summed E-state index contributed by atoms with van der Waals surface area (Å²) in [6.07, 6.45) is 3.66. The Hall–Kier alpha value is -3.30. The van der Waals surface area contributed by atoms with Crippen LogP contribution in [0.2, 0.25) is 0 Å². The minimum absolute atomic E-state index is 0.106. The molecule has 31 heavy (non-hydrogen) atoms. The minimum atomic E-state index is -3.45. The monoisotopic (exact) mass is 435 g/mol. The molecule has 0 bridgehead atoms. The van der Waals surface area contributed by atoms with Gasteiger partial charge in [0.2, 0.25) is 21.9 Å². The lowest BCUT2D eigenvalue weighted by Crippen LogP contribution is -2.27. The van der Waals surface area contributed by atoms with Crippen LogP contribution in [0.4, 0.5) is 17.3 Å². The highest BCUT2D eigenvalue weighted by atomic mass is 32.2. The van der Waals surface area contributed by atoms with E-state index < -0.39 is 10.0 Å². The summed E-state index contributed by atoms with van der Waals surface area (Å²) in [5, 5.41) is 6.02. The fourth-order valence-corrected chi connectivity index (χ4v) is 5.43. The van der Waals surface area contributed by atoms with Gasteiger partial charge in [0.25, 0.3) is 0 Å². The number of para-hydroxylation sites is 1. The number of nitrogens with one attached hydrogen (secondary N) is 2. The molecule has 2 N–H and O–H groups in total. The first kappa shape index (κ1) is 19.7. The van der Waals surface area contributed by atoms with Gasteiger partial charge in [-0.25, -0.2) is 18.4 Å². The summed E-state index contributed by atoms with van der Waals surface area (Å²) in [5.74, 6) is 0.267. The van der Waals surface area contributed by atoms with Gasteiger partial charge >= 0.3 is 0 Å². The normalized spacial score (nSPS) is 16.2. The molecule has 2 aliphatic rings. The Bertz CT molecular complexity index is 1250. The zero-order valence-corrected chi connectivity index (χ0v) is 17.5.